The number of rotatable bonds is 7. The van der Waals surface area contributed by atoms with Crippen LogP contribution in [0.5, 0.6) is 5.75 Å². The van der Waals surface area contributed by atoms with Gasteiger partial charge in [0.1, 0.15) is 16.5 Å². The van der Waals surface area contributed by atoms with Gasteiger partial charge in [-0.05, 0) is 25.5 Å². The van der Waals surface area contributed by atoms with E-state index >= 15 is 0 Å². The maximum Gasteiger partial charge on any atom is 0.267 e. The van der Waals surface area contributed by atoms with Gasteiger partial charge in [0.2, 0.25) is 5.13 Å². The molecule has 7 nitrogen and oxygen atoms in total. The van der Waals surface area contributed by atoms with Crippen LogP contribution in [0.15, 0.2) is 34.6 Å². The van der Waals surface area contributed by atoms with E-state index in [1.807, 2.05) is 6.92 Å². The second kappa shape index (κ2) is 9.72. The lowest BCUT2D eigenvalue weighted by Crippen LogP contribution is -2.15. The Bertz CT molecular complexity index is 897. The molecule has 2 aromatic rings. The zero-order valence-corrected chi connectivity index (χ0v) is 17.9. The summed E-state index contributed by atoms with van der Waals surface area (Å²) in [6, 6.07) is 3.33. The van der Waals surface area contributed by atoms with Crippen LogP contribution in [-0.2, 0) is 0 Å². The lowest BCUT2D eigenvalue weighted by Gasteiger charge is -2.11. The summed E-state index contributed by atoms with van der Waals surface area (Å²) in [6.45, 7) is 4.28. The van der Waals surface area contributed by atoms with Gasteiger partial charge in [0.15, 0.2) is 0 Å². The number of anilines is 1. The number of thiazole rings is 1. The molecule has 0 atom stereocenters. The number of nitrogens with two attached hydrogens (primary N) is 1. The molecule has 1 aromatic heterocycles. The predicted octanol–water partition coefficient (Wildman–Crippen LogP) is 3.77. The van der Waals surface area contributed by atoms with Gasteiger partial charge in [0, 0.05) is 23.6 Å². The van der Waals surface area contributed by atoms with Crippen molar-refractivity contribution in [1.29, 1.82) is 0 Å². The Labute approximate surface area is 174 Å². The minimum Gasteiger partial charge on any atom is -0.508 e. The summed E-state index contributed by atoms with van der Waals surface area (Å²) in [5.74, 6) is -0.127. The number of halogens is 2. The van der Waals surface area contributed by atoms with Gasteiger partial charge in [-0.15, -0.1) is 0 Å². The molecule has 0 fully saturated rings. The van der Waals surface area contributed by atoms with Gasteiger partial charge in [0.05, 0.1) is 16.9 Å². The Balaban J connectivity index is 2.13. The molecule has 0 saturated carbocycles. The Morgan fingerprint density at radius 3 is 2.93 bits per heavy atom. The van der Waals surface area contributed by atoms with Gasteiger partial charge in [-0.2, -0.15) is 0 Å². The summed E-state index contributed by atoms with van der Waals surface area (Å²) in [6.07, 6.45) is 2.97. The Morgan fingerprint density at radius 2 is 2.22 bits per heavy atom. The van der Waals surface area contributed by atoms with Crippen molar-refractivity contribution < 1.29 is 9.90 Å². The fourth-order valence-corrected chi connectivity index (χ4v) is 3.12. The molecule has 0 bridgehead atoms. The topological polar surface area (TPSA) is 113 Å². The third-order valence-corrected chi connectivity index (χ3v) is 5.12. The number of carbonyl (C=O) groups excluding carboxylic acids is 1. The first-order valence-electron chi connectivity index (χ1n) is 7.89. The number of aliphatic imine (C=N–C) groups is 1. The monoisotopic (exact) mass is 471 g/mol. The van der Waals surface area contributed by atoms with Crippen LogP contribution in [0.25, 0.3) is 0 Å². The van der Waals surface area contributed by atoms with Crippen LogP contribution in [0.3, 0.4) is 0 Å². The zero-order valence-electron chi connectivity index (χ0n) is 14.7. The molecule has 0 saturated heterocycles. The molecule has 1 heterocycles. The van der Waals surface area contributed by atoms with E-state index in [0.29, 0.717) is 27.8 Å². The number of hydrogen-bond acceptors (Lipinski definition) is 6. The van der Waals surface area contributed by atoms with Crippen molar-refractivity contribution in [2.45, 2.75) is 13.8 Å². The number of aryl methyl sites for hydroxylation is 1. The highest BCUT2D eigenvalue weighted by Crippen LogP contribution is 2.29. The molecule has 1 aromatic carbocycles. The fraction of sp³-hybridized carbons (Fsp3) is 0.235. The van der Waals surface area contributed by atoms with Crippen molar-refractivity contribution in [2.24, 2.45) is 10.7 Å². The molecule has 0 unspecified atom stereocenters. The number of benzene rings is 1. The minimum absolute atomic E-state index is 0.0970. The summed E-state index contributed by atoms with van der Waals surface area (Å²) in [7, 11) is 0. The van der Waals surface area contributed by atoms with E-state index in [1.54, 1.807) is 25.3 Å². The highest BCUT2D eigenvalue weighted by molar-refractivity contribution is 9.09. The molecular formula is C17H19BrClN5O2S. The van der Waals surface area contributed by atoms with Crippen LogP contribution in [0.4, 0.5) is 10.8 Å². The maximum atomic E-state index is 12.5. The van der Waals surface area contributed by atoms with E-state index in [9.17, 15) is 9.90 Å². The second-order valence-corrected chi connectivity index (χ2v) is 7.70. The maximum absolute atomic E-state index is 12.5. The van der Waals surface area contributed by atoms with E-state index in [4.69, 9.17) is 17.3 Å². The average molecular weight is 473 g/mol. The molecule has 0 spiro atoms. The Morgan fingerprint density at radius 1 is 1.48 bits per heavy atom. The molecule has 0 aliphatic rings. The Kier molecular flexibility index (Phi) is 7.64. The number of nitrogens with zero attached hydrogens (tertiary/aromatic N) is 2. The van der Waals surface area contributed by atoms with Crippen molar-refractivity contribution in [2.75, 3.05) is 17.2 Å². The van der Waals surface area contributed by atoms with Crippen molar-refractivity contribution in [3.8, 4) is 5.75 Å². The molecule has 27 heavy (non-hydrogen) atoms. The molecular weight excluding hydrogens is 454 g/mol. The number of aromatic hydroxyl groups is 1. The van der Waals surface area contributed by atoms with E-state index in [1.165, 1.54) is 6.20 Å². The third kappa shape index (κ3) is 5.69. The summed E-state index contributed by atoms with van der Waals surface area (Å²) in [4.78, 5) is 21.1. The lowest BCUT2D eigenvalue weighted by atomic mass is 10.1. The molecule has 0 aliphatic carbocycles. The van der Waals surface area contributed by atoms with E-state index < -0.39 is 0 Å². The Hall–Kier alpha value is -2.10. The summed E-state index contributed by atoms with van der Waals surface area (Å²) in [5, 5.41) is 16.9. The minimum atomic E-state index is -0.343. The summed E-state index contributed by atoms with van der Waals surface area (Å²) in [5.41, 5.74) is 7.85. The summed E-state index contributed by atoms with van der Waals surface area (Å²) < 4.78 is 0. The quantitative estimate of drug-likeness (QED) is 0.212. The number of phenols is 1. The largest absolute Gasteiger partial charge is 0.508 e. The highest BCUT2D eigenvalue weighted by atomic mass is 79.9. The molecule has 5 N–H and O–H groups in total. The van der Waals surface area contributed by atoms with Gasteiger partial charge >= 0.3 is 0 Å². The van der Waals surface area contributed by atoms with Crippen molar-refractivity contribution in [3.63, 3.8) is 0 Å². The van der Waals surface area contributed by atoms with E-state index in [2.05, 4.69) is 36.5 Å². The first kappa shape index (κ1) is 21.2. The second-order valence-electron chi connectivity index (χ2n) is 5.50. The van der Waals surface area contributed by atoms with E-state index in [0.717, 1.165) is 22.2 Å². The van der Waals surface area contributed by atoms with Gasteiger partial charge in [-0.1, -0.05) is 44.9 Å². The number of amides is 1. The van der Waals surface area contributed by atoms with Gasteiger partial charge in [0.25, 0.3) is 5.91 Å². The summed E-state index contributed by atoms with van der Waals surface area (Å²) >= 11 is 10.4. The van der Waals surface area contributed by atoms with E-state index in [-0.39, 0.29) is 22.5 Å². The number of amidine groups is 1. The fourth-order valence-electron chi connectivity index (χ4n) is 2.07. The van der Waals surface area contributed by atoms with Crippen LogP contribution in [0.2, 0.25) is 0 Å². The van der Waals surface area contributed by atoms with Crippen molar-refractivity contribution >= 4 is 61.4 Å². The van der Waals surface area contributed by atoms with Gasteiger partial charge in [-0.25, -0.2) is 9.98 Å². The van der Waals surface area contributed by atoms with Crippen LogP contribution >= 0.6 is 38.9 Å². The first-order valence-corrected chi connectivity index (χ1v) is 10.2. The average Bonchev–Trinajstić information content (AvgIpc) is 3.10. The smallest absolute Gasteiger partial charge is 0.267 e. The molecule has 0 aliphatic heterocycles. The van der Waals surface area contributed by atoms with Crippen LogP contribution < -0.4 is 16.4 Å². The standard InChI is InChI=1S/C17H19BrClN5O2S/c1-9-3-4-12(25)10(2)14(9)23-16(26)13-8-22-17(27-13)24-15(20)11(19)7-21-6-5-18/h3-4,7-8,21,25H,5-6H2,1-2H3,(H,23,26)(H2,20,22,24)/b11-7+. The number of nitrogens with one attached hydrogen (secondary N) is 2. The SMILES string of the molecule is Cc1ccc(O)c(C)c1NC(=O)c1cnc(/N=C(N)\C(Cl)=C/NCCBr)s1. The van der Waals surface area contributed by atoms with Gasteiger partial charge in [-0.3, -0.25) is 4.79 Å². The lowest BCUT2D eigenvalue weighted by molar-refractivity contribution is 0.103. The van der Waals surface area contributed by atoms with Gasteiger partial charge < -0.3 is 21.5 Å². The number of aromatic nitrogens is 1. The molecule has 10 heteroatoms. The first-order chi connectivity index (χ1) is 12.8. The highest BCUT2D eigenvalue weighted by Gasteiger charge is 2.15. The normalized spacial score (nSPS) is 12.1. The third-order valence-electron chi connectivity index (χ3n) is 3.53. The zero-order chi connectivity index (χ0) is 20.0. The molecule has 1 amide bonds. The van der Waals surface area contributed by atoms with Crippen molar-refractivity contribution in [3.05, 3.63) is 45.6 Å². The molecule has 144 valence electrons. The van der Waals surface area contributed by atoms with Crippen LogP contribution in [-0.4, -0.2) is 33.7 Å². The van der Waals surface area contributed by atoms with Crippen LogP contribution in [0.1, 0.15) is 20.8 Å². The number of carbonyl (C=O) groups is 1. The van der Waals surface area contributed by atoms with Crippen molar-refractivity contribution in [1.82, 2.24) is 10.3 Å². The predicted molar refractivity (Wildman–Crippen MR) is 115 cm³/mol. The number of alkyl halides is 1. The van der Waals surface area contributed by atoms with Crippen LogP contribution in [0, 0.1) is 13.8 Å². The number of hydrogen-bond donors (Lipinski definition) is 4. The molecule has 2 rings (SSSR count). The number of phenolic OH excluding ortho intramolecular Hbond substituents is 1. The molecule has 0 radical (unpaired) electrons.